The highest BCUT2D eigenvalue weighted by Crippen LogP contribution is 2.15. The number of pyridine rings is 1. The normalized spacial score (nSPS) is 9.67. The van der Waals surface area contributed by atoms with Gasteiger partial charge in [0.2, 0.25) is 5.88 Å². The zero-order valence-electron chi connectivity index (χ0n) is 10.4. The van der Waals surface area contributed by atoms with Crippen molar-refractivity contribution in [1.82, 2.24) is 4.98 Å². The summed E-state index contributed by atoms with van der Waals surface area (Å²) in [5, 5.41) is 0. The number of nitrogens with zero attached hydrogens (tertiary/aromatic N) is 1. The van der Waals surface area contributed by atoms with Gasteiger partial charge in [-0.2, -0.15) is 0 Å². The number of aldehydes is 1. The number of carbonyl (C=O) groups excluding carboxylic acids is 2. The van der Waals surface area contributed by atoms with Gasteiger partial charge >= 0.3 is 5.97 Å². The lowest BCUT2D eigenvalue weighted by atomic mass is 10.1. The fraction of sp³-hybridized carbons (Fsp3) is 0.308. The van der Waals surface area contributed by atoms with Gasteiger partial charge in [0, 0.05) is 18.1 Å². The summed E-state index contributed by atoms with van der Waals surface area (Å²) >= 11 is 0. The number of esters is 1. The van der Waals surface area contributed by atoms with Gasteiger partial charge in [-0.25, -0.2) is 9.78 Å². The first-order valence-corrected chi connectivity index (χ1v) is 5.46. The fourth-order valence-electron chi connectivity index (χ4n) is 1.39. The number of carbonyl (C=O) groups is 2. The van der Waals surface area contributed by atoms with Crippen molar-refractivity contribution in [2.45, 2.75) is 13.3 Å². The smallest absolute Gasteiger partial charge is 0.333 e. The predicted octanol–water partition coefficient (Wildman–Crippen LogP) is 1.56. The van der Waals surface area contributed by atoms with Crippen LogP contribution in [0.5, 0.6) is 5.88 Å². The minimum atomic E-state index is -0.467. The van der Waals surface area contributed by atoms with E-state index in [-0.39, 0.29) is 17.7 Å². The molecular formula is C13H15NO4. The van der Waals surface area contributed by atoms with Crippen LogP contribution >= 0.6 is 0 Å². The number of aromatic nitrogens is 1. The van der Waals surface area contributed by atoms with Gasteiger partial charge in [0.1, 0.15) is 5.69 Å². The molecule has 0 aliphatic rings. The Bertz CT molecular complexity index is 468. The zero-order valence-corrected chi connectivity index (χ0v) is 10.4. The van der Waals surface area contributed by atoms with Crippen molar-refractivity contribution in [2.24, 2.45) is 0 Å². The molecule has 1 aromatic heterocycles. The highest BCUT2D eigenvalue weighted by atomic mass is 16.5. The van der Waals surface area contributed by atoms with Gasteiger partial charge < -0.3 is 9.47 Å². The predicted molar refractivity (Wildman–Crippen MR) is 65.7 cm³/mol. The van der Waals surface area contributed by atoms with Crippen LogP contribution < -0.4 is 4.74 Å². The summed E-state index contributed by atoms with van der Waals surface area (Å²) in [6, 6.07) is 3.31. The first kappa shape index (κ1) is 13.9. The molecule has 1 heterocycles. The van der Waals surface area contributed by atoms with E-state index in [4.69, 9.17) is 9.47 Å². The molecule has 0 atom stereocenters. The third kappa shape index (κ3) is 3.41. The van der Waals surface area contributed by atoms with E-state index >= 15 is 0 Å². The van der Waals surface area contributed by atoms with Crippen molar-refractivity contribution in [3.63, 3.8) is 0 Å². The monoisotopic (exact) mass is 249 g/mol. The molecule has 0 N–H and O–H groups in total. The molecule has 0 radical (unpaired) electrons. The maximum Gasteiger partial charge on any atom is 0.333 e. The van der Waals surface area contributed by atoms with Crippen molar-refractivity contribution >= 4 is 12.3 Å². The van der Waals surface area contributed by atoms with E-state index in [2.05, 4.69) is 11.6 Å². The summed E-state index contributed by atoms with van der Waals surface area (Å²) < 4.78 is 9.74. The second kappa shape index (κ2) is 6.54. The molecule has 1 rings (SSSR count). The standard InChI is InChI=1S/C13H15NO4/c1-4-18-13(16)9(2)7-10-5-6-12(17-3)14-11(10)8-15/h5-6,8H,2,4,7H2,1,3H3. The van der Waals surface area contributed by atoms with Crippen LogP contribution in [0.15, 0.2) is 24.3 Å². The lowest BCUT2D eigenvalue weighted by molar-refractivity contribution is -0.138. The van der Waals surface area contributed by atoms with E-state index in [9.17, 15) is 9.59 Å². The Morgan fingerprint density at radius 1 is 1.50 bits per heavy atom. The molecule has 1 aromatic rings. The second-order valence-electron chi connectivity index (χ2n) is 3.52. The average Bonchev–Trinajstić information content (AvgIpc) is 2.39. The molecule has 96 valence electrons. The van der Waals surface area contributed by atoms with Crippen molar-refractivity contribution < 1.29 is 19.1 Å². The van der Waals surface area contributed by atoms with E-state index in [1.54, 1.807) is 19.1 Å². The molecule has 18 heavy (non-hydrogen) atoms. The zero-order chi connectivity index (χ0) is 13.5. The Morgan fingerprint density at radius 3 is 2.78 bits per heavy atom. The third-order valence-corrected chi connectivity index (χ3v) is 2.28. The summed E-state index contributed by atoms with van der Waals surface area (Å²) in [5.74, 6) is -0.118. The van der Waals surface area contributed by atoms with Crippen molar-refractivity contribution in [1.29, 1.82) is 0 Å². The average molecular weight is 249 g/mol. The second-order valence-corrected chi connectivity index (χ2v) is 3.52. The number of hydrogen-bond acceptors (Lipinski definition) is 5. The van der Waals surface area contributed by atoms with Gasteiger partial charge in [0.25, 0.3) is 0 Å². The Kier molecular flexibility index (Phi) is 5.05. The van der Waals surface area contributed by atoms with Crippen molar-refractivity contribution in [3.8, 4) is 5.88 Å². The van der Waals surface area contributed by atoms with E-state index in [1.165, 1.54) is 7.11 Å². The van der Waals surface area contributed by atoms with Gasteiger partial charge in [0.15, 0.2) is 6.29 Å². The molecule has 0 amide bonds. The quantitative estimate of drug-likeness (QED) is 0.435. The fourth-order valence-corrected chi connectivity index (χ4v) is 1.39. The topological polar surface area (TPSA) is 65.5 Å². The molecule has 5 heteroatoms. The minimum Gasteiger partial charge on any atom is -0.481 e. The van der Waals surface area contributed by atoms with Crippen LogP contribution in [0, 0.1) is 0 Å². The number of methoxy groups -OCH3 is 1. The first-order valence-electron chi connectivity index (χ1n) is 5.46. The summed E-state index contributed by atoms with van der Waals surface area (Å²) in [6.07, 6.45) is 0.847. The largest absolute Gasteiger partial charge is 0.481 e. The molecule has 0 bridgehead atoms. The maximum absolute atomic E-state index is 11.4. The van der Waals surface area contributed by atoms with Crippen LogP contribution in [-0.4, -0.2) is 31.0 Å². The van der Waals surface area contributed by atoms with E-state index in [1.807, 2.05) is 0 Å². The van der Waals surface area contributed by atoms with Crippen LogP contribution in [0.2, 0.25) is 0 Å². The molecule has 0 aliphatic carbocycles. The molecule has 0 fully saturated rings. The number of hydrogen-bond donors (Lipinski definition) is 0. The van der Waals surface area contributed by atoms with Crippen LogP contribution in [0.4, 0.5) is 0 Å². The van der Waals surface area contributed by atoms with Gasteiger partial charge in [-0.1, -0.05) is 12.6 Å². The van der Waals surface area contributed by atoms with Crippen molar-refractivity contribution in [2.75, 3.05) is 13.7 Å². The Hall–Kier alpha value is -2.17. The summed E-state index contributed by atoms with van der Waals surface area (Å²) in [5.41, 5.74) is 1.13. The Balaban J connectivity index is 2.87. The van der Waals surface area contributed by atoms with Crippen LogP contribution in [0.25, 0.3) is 0 Å². The lowest BCUT2D eigenvalue weighted by Gasteiger charge is -2.08. The van der Waals surface area contributed by atoms with Gasteiger partial charge in [-0.05, 0) is 12.5 Å². The molecular weight excluding hydrogens is 234 g/mol. The Labute approximate surface area is 105 Å². The molecule has 0 saturated carbocycles. The highest BCUT2D eigenvalue weighted by Gasteiger charge is 2.12. The van der Waals surface area contributed by atoms with Gasteiger partial charge in [-0.15, -0.1) is 0 Å². The molecule has 5 nitrogen and oxygen atoms in total. The van der Waals surface area contributed by atoms with E-state index in [0.29, 0.717) is 24.3 Å². The van der Waals surface area contributed by atoms with E-state index in [0.717, 1.165) is 0 Å². The van der Waals surface area contributed by atoms with Crippen LogP contribution in [0.1, 0.15) is 23.0 Å². The highest BCUT2D eigenvalue weighted by molar-refractivity contribution is 5.88. The lowest BCUT2D eigenvalue weighted by Crippen LogP contribution is -2.10. The Morgan fingerprint density at radius 2 is 2.22 bits per heavy atom. The molecule has 0 aliphatic heterocycles. The third-order valence-electron chi connectivity index (χ3n) is 2.28. The number of ether oxygens (including phenoxy) is 2. The van der Waals surface area contributed by atoms with Crippen LogP contribution in [-0.2, 0) is 16.0 Å². The summed E-state index contributed by atoms with van der Waals surface area (Å²) in [4.78, 5) is 26.3. The summed E-state index contributed by atoms with van der Waals surface area (Å²) in [6.45, 7) is 5.65. The molecule has 0 saturated heterocycles. The SMILES string of the molecule is C=C(Cc1ccc(OC)nc1C=O)C(=O)OCC. The maximum atomic E-state index is 11.4. The molecule has 0 aromatic carbocycles. The molecule has 0 unspecified atom stereocenters. The van der Waals surface area contributed by atoms with Gasteiger partial charge in [0.05, 0.1) is 13.7 Å². The van der Waals surface area contributed by atoms with Crippen LogP contribution in [0.3, 0.4) is 0 Å². The first-order chi connectivity index (χ1) is 8.62. The van der Waals surface area contributed by atoms with Gasteiger partial charge in [-0.3, -0.25) is 4.79 Å². The molecule has 0 spiro atoms. The summed E-state index contributed by atoms with van der Waals surface area (Å²) in [7, 11) is 1.47. The van der Waals surface area contributed by atoms with Crippen molar-refractivity contribution in [3.05, 3.63) is 35.5 Å². The minimum absolute atomic E-state index is 0.226. The van der Waals surface area contributed by atoms with E-state index < -0.39 is 5.97 Å². The number of rotatable bonds is 6.